The maximum absolute atomic E-state index is 13.6. The van der Waals surface area contributed by atoms with Crippen molar-refractivity contribution in [3.63, 3.8) is 0 Å². The molecule has 1 unspecified atom stereocenters. The molecule has 1 atom stereocenters. The lowest BCUT2D eigenvalue weighted by molar-refractivity contribution is -0.141. The van der Waals surface area contributed by atoms with E-state index in [1.54, 1.807) is 4.90 Å². The molecule has 5 nitrogen and oxygen atoms in total. The van der Waals surface area contributed by atoms with Gasteiger partial charge in [0.2, 0.25) is 0 Å². The zero-order valence-corrected chi connectivity index (χ0v) is 19.2. The molecule has 2 amide bonds. The van der Waals surface area contributed by atoms with Crippen molar-refractivity contribution < 1.29 is 14.3 Å². The van der Waals surface area contributed by atoms with Crippen molar-refractivity contribution in [3.8, 4) is 5.75 Å². The lowest BCUT2D eigenvalue weighted by Gasteiger charge is -2.34. The quantitative estimate of drug-likeness (QED) is 0.612. The van der Waals surface area contributed by atoms with E-state index >= 15 is 0 Å². The Bertz CT molecular complexity index is 837. The Morgan fingerprint density at radius 1 is 0.968 bits per heavy atom. The van der Waals surface area contributed by atoms with Crippen molar-refractivity contribution in [1.29, 1.82) is 0 Å². The number of rotatable bonds is 6. The number of hydrogen-bond acceptors (Lipinski definition) is 4. The molecule has 0 bridgehead atoms. The average molecular weight is 425 g/mol. The number of ether oxygens (including phenoxy) is 1. The summed E-state index contributed by atoms with van der Waals surface area (Å²) in [6.45, 7) is 8.81. The van der Waals surface area contributed by atoms with Gasteiger partial charge in [0.25, 0.3) is 11.8 Å². The van der Waals surface area contributed by atoms with E-state index in [-0.39, 0.29) is 17.9 Å². The molecule has 2 fully saturated rings. The van der Waals surface area contributed by atoms with Gasteiger partial charge in [-0.3, -0.25) is 14.5 Å². The normalized spacial score (nSPS) is 23.3. The summed E-state index contributed by atoms with van der Waals surface area (Å²) in [5.41, 5.74) is 2.03. The van der Waals surface area contributed by atoms with Gasteiger partial charge in [0, 0.05) is 19.1 Å². The predicted octanol–water partition coefficient (Wildman–Crippen LogP) is 4.87. The van der Waals surface area contributed by atoms with Crippen LogP contribution in [0.1, 0.15) is 71.3 Å². The Labute approximate surface area is 186 Å². The minimum Gasteiger partial charge on any atom is -0.493 e. The largest absolute Gasteiger partial charge is 0.493 e. The second-order valence-electron chi connectivity index (χ2n) is 9.92. The van der Waals surface area contributed by atoms with Gasteiger partial charge in [-0.2, -0.15) is 0 Å². The first kappa shape index (κ1) is 21.9. The van der Waals surface area contributed by atoms with Crippen LogP contribution in [0.5, 0.6) is 5.75 Å². The fourth-order valence-corrected chi connectivity index (χ4v) is 5.13. The zero-order valence-electron chi connectivity index (χ0n) is 19.2. The fraction of sp³-hybridized carbons (Fsp3) is 0.615. The van der Waals surface area contributed by atoms with Crippen LogP contribution in [-0.4, -0.2) is 47.4 Å². The molecular weight excluding hydrogens is 388 g/mol. The Hall–Kier alpha value is -2.30. The van der Waals surface area contributed by atoms with Crippen LogP contribution in [0.3, 0.4) is 0 Å². The number of nitrogens with zero attached hydrogens (tertiary/aromatic N) is 2. The van der Waals surface area contributed by atoms with Gasteiger partial charge in [-0.15, -0.1) is 0 Å². The summed E-state index contributed by atoms with van der Waals surface area (Å²) < 4.78 is 5.82. The monoisotopic (exact) mass is 424 g/mol. The van der Waals surface area contributed by atoms with Crippen molar-refractivity contribution in [2.75, 3.05) is 19.7 Å². The molecule has 168 valence electrons. The highest BCUT2D eigenvalue weighted by atomic mass is 16.5. The minimum atomic E-state index is -0.110. The smallest absolute Gasteiger partial charge is 0.278 e. The minimum absolute atomic E-state index is 0.0390. The average Bonchev–Trinajstić information content (AvgIpc) is 3.03. The van der Waals surface area contributed by atoms with Crippen molar-refractivity contribution in [2.24, 2.45) is 11.8 Å². The van der Waals surface area contributed by atoms with Crippen LogP contribution in [-0.2, 0) is 9.59 Å². The van der Waals surface area contributed by atoms with Crippen LogP contribution in [0, 0.1) is 11.8 Å². The van der Waals surface area contributed by atoms with Gasteiger partial charge in [0.05, 0.1) is 12.2 Å². The van der Waals surface area contributed by atoms with Gasteiger partial charge in [-0.1, -0.05) is 52.2 Å². The number of piperidine rings is 1. The van der Waals surface area contributed by atoms with Crippen LogP contribution < -0.4 is 4.74 Å². The number of likely N-dealkylation sites (tertiary alicyclic amines) is 1. The maximum Gasteiger partial charge on any atom is 0.278 e. The number of hydrogen-bond donors (Lipinski definition) is 0. The highest BCUT2D eigenvalue weighted by Crippen LogP contribution is 2.37. The van der Waals surface area contributed by atoms with Crippen LogP contribution in [0.15, 0.2) is 30.0 Å². The standard InChI is InChI=1S/C26H36N2O3/c1-18(2)17-31-22-13-11-20(12-14-22)23-24(27-15-7-8-19(3)16-27)26(30)28(25(23)29)21-9-5-4-6-10-21/h11-14,18-19,21H,4-10,15-17H2,1-3H3. The van der Waals surface area contributed by atoms with E-state index in [1.807, 2.05) is 24.3 Å². The third-order valence-electron chi connectivity index (χ3n) is 6.73. The van der Waals surface area contributed by atoms with Crippen LogP contribution in [0.25, 0.3) is 5.57 Å². The molecule has 1 saturated carbocycles. The van der Waals surface area contributed by atoms with E-state index in [2.05, 4.69) is 25.7 Å². The molecule has 0 radical (unpaired) electrons. The number of benzene rings is 1. The van der Waals surface area contributed by atoms with E-state index in [9.17, 15) is 9.59 Å². The lowest BCUT2D eigenvalue weighted by Crippen LogP contribution is -2.44. The molecule has 3 aliphatic rings. The van der Waals surface area contributed by atoms with Crippen molar-refractivity contribution >= 4 is 17.4 Å². The molecule has 4 rings (SSSR count). The van der Waals surface area contributed by atoms with E-state index in [0.717, 1.165) is 56.5 Å². The molecule has 5 heteroatoms. The molecule has 0 aromatic heterocycles. The topological polar surface area (TPSA) is 49.9 Å². The summed E-state index contributed by atoms with van der Waals surface area (Å²) in [6.07, 6.45) is 7.47. The second-order valence-corrected chi connectivity index (χ2v) is 9.92. The highest BCUT2D eigenvalue weighted by Gasteiger charge is 2.45. The molecule has 0 N–H and O–H groups in total. The van der Waals surface area contributed by atoms with E-state index in [0.29, 0.717) is 29.7 Å². The zero-order chi connectivity index (χ0) is 22.0. The first-order valence-electron chi connectivity index (χ1n) is 12.1. The summed E-state index contributed by atoms with van der Waals surface area (Å²) in [7, 11) is 0. The van der Waals surface area contributed by atoms with Gasteiger partial charge >= 0.3 is 0 Å². The summed E-state index contributed by atoms with van der Waals surface area (Å²) in [5.74, 6) is 1.59. The molecule has 1 aromatic carbocycles. The maximum atomic E-state index is 13.6. The van der Waals surface area contributed by atoms with Gasteiger partial charge in [-0.25, -0.2) is 0 Å². The fourth-order valence-electron chi connectivity index (χ4n) is 5.13. The molecule has 2 aliphatic heterocycles. The van der Waals surface area contributed by atoms with Crippen molar-refractivity contribution in [1.82, 2.24) is 9.80 Å². The van der Waals surface area contributed by atoms with Crippen molar-refractivity contribution in [2.45, 2.75) is 71.8 Å². The third kappa shape index (κ3) is 4.65. The summed E-state index contributed by atoms with van der Waals surface area (Å²) in [5, 5.41) is 0. The molecule has 1 aromatic rings. The SMILES string of the molecule is CC(C)COc1ccc(C2=C(N3CCCC(C)C3)C(=O)N(C3CCCCC3)C2=O)cc1. The lowest BCUT2D eigenvalue weighted by atomic mass is 9.94. The van der Waals surface area contributed by atoms with Crippen LogP contribution in [0.4, 0.5) is 0 Å². The van der Waals surface area contributed by atoms with E-state index < -0.39 is 0 Å². The van der Waals surface area contributed by atoms with Crippen LogP contribution >= 0.6 is 0 Å². The summed E-state index contributed by atoms with van der Waals surface area (Å²) in [4.78, 5) is 31.0. The van der Waals surface area contributed by atoms with Gasteiger partial charge in [0.15, 0.2) is 0 Å². The van der Waals surface area contributed by atoms with Gasteiger partial charge < -0.3 is 9.64 Å². The Kier molecular flexibility index (Phi) is 6.68. The summed E-state index contributed by atoms with van der Waals surface area (Å²) in [6, 6.07) is 7.75. The number of imide groups is 1. The highest BCUT2D eigenvalue weighted by molar-refractivity contribution is 6.35. The molecule has 31 heavy (non-hydrogen) atoms. The third-order valence-corrected chi connectivity index (χ3v) is 6.73. The van der Waals surface area contributed by atoms with Crippen molar-refractivity contribution in [3.05, 3.63) is 35.5 Å². The number of carbonyl (C=O) groups excluding carboxylic acids is 2. The predicted molar refractivity (Wildman–Crippen MR) is 122 cm³/mol. The molecule has 1 saturated heterocycles. The number of carbonyl (C=O) groups is 2. The first-order valence-corrected chi connectivity index (χ1v) is 12.1. The molecule has 0 spiro atoms. The van der Waals surface area contributed by atoms with Crippen LogP contribution in [0.2, 0.25) is 0 Å². The Balaban J connectivity index is 1.67. The van der Waals surface area contributed by atoms with Gasteiger partial charge in [0.1, 0.15) is 11.4 Å². The number of amides is 2. The Morgan fingerprint density at radius 2 is 1.68 bits per heavy atom. The summed E-state index contributed by atoms with van der Waals surface area (Å²) >= 11 is 0. The molecule has 1 aliphatic carbocycles. The second kappa shape index (κ2) is 9.46. The first-order chi connectivity index (χ1) is 15.0. The molecular formula is C26H36N2O3. The molecule has 2 heterocycles. The Morgan fingerprint density at radius 3 is 2.32 bits per heavy atom. The van der Waals surface area contributed by atoms with E-state index in [1.165, 1.54) is 12.8 Å². The van der Waals surface area contributed by atoms with E-state index in [4.69, 9.17) is 4.74 Å². The van der Waals surface area contributed by atoms with Gasteiger partial charge in [-0.05, 0) is 55.2 Å².